The van der Waals surface area contributed by atoms with Crippen molar-refractivity contribution in [3.8, 4) is 5.75 Å². The van der Waals surface area contributed by atoms with E-state index >= 15 is 0 Å². The first kappa shape index (κ1) is 23.1. The van der Waals surface area contributed by atoms with Crippen LogP contribution in [0.3, 0.4) is 0 Å². The summed E-state index contributed by atoms with van der Waals surface area (Å²) in [5.74, 6) is 1.62. The number of nitrogens with one attached hydrogen (secondary N) is 2. The molecule has 0 aliphatic carbocycles. The molecule has 2 N–H and O–H groups in total. The number of piperidine rings is 1. The second kappa shape index (κ2) is 11.2. The SMILES string of the molecule is CN=C(NCCCN1C(=O)COc2ccccc21)NC1CCN(Cc2cccc(C)c2)CC1. The average Bonchev–Trinajstić information content (AvgIpc) is 2.83. The number of nitrogens with zero attached hydrogens (tertiary/aromatic N) is 3. The lowest BCUT2D eigenvalue weighted by atomic mass is 10.0. The van der Waals surface area contributed by atoms with Crippen molar-refractivity contribution < 1.29 is 9.53 Å². The number of guanidine groups is 1. The lowest BCUT2D eigenvalue weighted by Gasteiger charge is -2.33. The van der Waals surface area contributed by atoms with Crippen LogP contribution in [0.2, 0.25) is 0 Å². The van der Waals surface area contributed by atoms with E-state index in [-0.39, 0.29) is 12.5 Å². The largest absolute Gasteiger partial charge is 0.482 e. The molecule has 176 valence electrons. The molecule has 0 aromatic heterocycles. The normalized spacial score (nSPS) is 17.5. The van der Waals surface area contributed by atoms with Gasteiger partial charge in [0.15, 0.2) is 12.6 Å². The van der Waals surface area contributed by atoms with Crippen LogP contribution in [-0.4, -0.2) is 62.6 Å². The van der Waals surface area contributed by atoms with Crippen LogP contribution in [0.15, 0.2) is 53.5 Å². The molecule has 7 heteroatoms. The van der Waals surface area contributed by atoms with Crippen LogP contribution in [0.4, 0.5) is 5.69 Å². The zero-order valence-corrected chi connectivity index (χ0v) is 19.7. The number of para-hydroxylation sites is 2. The van der Waals surface area contributed by atoms with E-state index in [1.807, 2.05) is 36.2 Å². The number of likely N-dealkylation sites (tertiary alicyclic amines) is 1. The van der Waals surface area contributed by atoms with Crippen LogP contribution < -0.4 is 20.3 Å². The van der Waals surface area contributed by atoms with Gasteiger partial charge in [0.25, 0.3) is 5.91 Å². The van der Waals surface area contributed by atoms with E-state index in [1.54, 1.807) is 0 Å². The van der Waals surface area contributed by atoms with E-state index in [9.17, 15) is 4.79 Å². The van der Waals surface area contributed by atoms with Crippen LogP contribution in [-0.2, 0) is 11.3 Å². The van der Waals surface area contributed by atoms with Gasteiger partial charge in [0, 0.05) is 45.8 Å². The fraction of sp³-hybridized carbons (Fsp3) is 0.462. The van der Waals surface area contributed by atoms with Crippen molar-refractivity contribution in [1.82, 2.24) is 15.5 Å². The third kappa shape index (κ3) is 6.26. The summed E-state index contributed by atoms with van der Waals surface area (Å²) >= 11 is 0. The smallest absolute Gasteiger partial charge is 0.265 e. The Bertz CT molecular complexity index is 969. The van der Waals surface area contributed by atoms with Crippen LogP contribution in [0.5, 0.6) is 5.75 Å². The van der Waals surface area contributed by atoms with Crippen molar-refractivity contribution in [3.05, 3.63) is 59.7 Å². The van der Waals surface area contributed by atoms with Gasteiger partial charge in [0.2, 0.25) is 0 Å². The Morgan fingerprint density at radius 1 is 1.15 bits per heavy atom. The van der Waals surface area contributed by atoms with Gasteiger partial charge in [0.05, 0.1) is 5.69 Å². The highest BCUT2D eigenvalue weighted by molar-refractivity contribution is 5.97. The first-order valence-corrected chi connectivity index (χ1v) is 11.9. The summed E-state index contributed by atoms with van der Waals surface area (Å²) in [7, 11) is 1.81. The maximum Gasteiger partial charge on any atom is 0.265 e. The summed E-state index contributed by atoms with van der Waals surface area (Å²) < 4.78 is 5.52. The average molecular weight is 450 g/mol. The molecular formula is C26H35N5O2. The van der Waals surface area contributed by atoms with Crippen molar-refractivity contribution in [2.45, 2.75) is 38.8 Å². The Hall–Kier alpha value is -3.06. The second-order valence-electron chi connectivity index (χ2n) is 8.84. The van der Waals surface area contributed by atoms with Gasteiger partial charge in [-0.2, -0.15) is 0 Å². The standard InChI is InChI=1S/C26H35N5O2/c1-20-7-5-8-21(17-20)18-30-15-11-22(12-16-30)29-26(27-2)28-13-6-14-31-23-9-3-4-10-24(23)33-19-25(31)32/h3-5,7-10,17,22H,6,11-16,18-19H2,1-2H3,(H2,27,28,29). The van der Waals surface area contributed by atoms with Crippen molar-refractivity contribution in [1.29, 1.82) is 0 Å². The van der Waals surface area contributed by atoms with Gasteiger partial charge in [0.1, 0.15) is 5.75 Å². The number of aryl methyl sites for hydroxylation is 1. The van der Waals surface area contributed by atoms with Crippen molar-refractivity contribution in [2.75, 3.05) is 44.7 Å². The molecule has 2 aromatic carbocycles. The zero-order chi connectivity index (χ0) is 23.0. The molecule has 2 heterocycles. The number of ether oxygens (including phenoxy) is 1. The summed E-state index contributed by atoms with van der Waals surface area (Å²) in [6, 6.07) is 16.9. The Kier molecular flexibility index (Phi) is 7.83. The minimum Gasteiger partial charge on any atom is -0.482 e. The van der Waals surface area contributed by atoms with Gasteiger partial charge >= 0.3 is 0 Å². The topological polar surface area (TPSA) is 69.2 Å². The van der Waals surface area contributed by atoms with Crippen molar-refractivity contribution >= 4 is 17.6 Å². The minimum atomic E-state index is 0.00799. The Morgan fingerprint density at radius 3 is 2.76 bits per heavy atom. The molecular weight excluding hydrogens is 414 g/mol. The summed E-state index contributed by atoms with van der Waals surface area (Å²) in [5, 5.41) is 6.98. The number of aliphatic imine (C=N–C) groups is 1. The first-order chi connectivity index (χ1) is 16.1. The van der Waals surface area contributed by atoms with E-state index in [1.165, 1.54) is 11.1 Å². The summed E-state index contributed by atoms with van der Waals surface area (Å²) in [6.07, 6.45) is 3.03. The van der Waals surface area contributed by atoms with Crippen LogP contribution in [0, 0.1) is 6.92 Å². The number of amides is 1. The highest BCUT2D eigenvalue weighted by atomic mass is 16.5. The molecule has 0 saturated carbocycles. The number of carbonyl (C=O) groups excluding carboxylic acids is 1. The number of anilines is 1. The number of hydrogen-bond acceptors (Lipinski definition) is 4. The lowest BCUT2D eigenvalue weighted by Crippen LogP contribution is -2.49. The summed E-state index contributed by atoms with van der Waals surface area (Å²) in [6.45, 7) is 6.85. The molecule has 1 saturated heterocycles. The van der Waals surface area contributed by atoms with Crippen LogP contribution >= 0.6 is 0 Å². The molecule has 2 aromatic rings. The Morgan fingerprint density at radius 2 is 1.97 bits per heavy atom. The zero-order valence-electron chi connectivity index (χ0n) is 19.7. The quantitative estimate of drug-likeness (QED) is 0.386. The molecule has 0 unspecified atom stereocenters. The fourth-order valence-electron chi connectivity index (χ4n) is 4.54. The van der Waals surface area contributed by atoms with Gasteiger partial charge in [-0.25, -0.2) is 0 Å². The van der Waals surface area contributed by atoms with Crippen molar-refractivity contribution in [2.24, 2.45) is 4.99 Å². The monoisotopic (exact) mass is 449 g/mol. The van der Waals surface area contributed by atoms with E-state index < -0.39 is 0 Å². The first-order valence-electron chi connectivity index (χ1n) is 11.9. The molecule has 0 spiro atoms. The lowest BCUT2D eigenvalue weighted by molar-refractivity contribution is -0.121. The molecule has 33 heavy (non-hydrogen) atoms. The minimum absolute atomic E-state index is 0.00799. The van der Waals surface area contributed by atoms with Crippen LogP contribution in [0.1, 0.15) is 30.4 Å². The van der Waals surface area contributed by atoms with Gasteiger partial charge in [-0.15, -0.1) is 0 Å². The number of benzene rings is 2. The predicted octanol–water partition coefficient (Wildman–Crippen LogP) is 2.94. The highest BCUT2D eigenvalue weighted by Gasteiger charge is 2.24. The second-order valence-corrected chi connectivity index (χ2v) is 8.84. The molecule has 0 radical (unpaired) electrons. The molecule has 4 rings (SSSR count). The van der Waals surface area contributed by atoms with E-state index in [0.29, 0.717) is 12.6 Å². The fourth-order valence-corrected chi connectivity index (χ4v) is 4.54. The van der Waals surface area contributed by atoms with E-state index in [2.05, 4.69) is 51.7 Å². The number of fused-ring (bicyclic) bond motifs is 1. The molecule has 2 aliphatic rings. The third-order valence-corrected chi connectivity index (χ3v) is 6.30. The Labute approximate surface area is 196 Å². The number of rotatable bonds is 7. The van der Waals surface area contributed by atoms with Gasteiger partial charge in [-0.05, 0) is 43.9 Å². The summed E-state index contributed by atoms with van der Waals surface area (Å²) in [5.41, 5.74) is 3.56. The maximum atomic E-state index is 12.3. The maximum absolute atomic E-state index is 12.3. The van der Waals surface area contributed by atoms with Crippen LogP contribution in [0.25, 0.3) is 0 Å². The van der Waals surface area contributed by atoms with E-state index in [0.717, 1.165) is 62.8 Å². The van der Waals surface area contributed by atoms with Gasteiger partial charge in [-0.1, -0.05) is 42.0 Å². The van der Waals surface area contributed by atoms with Crippen molar-refractivity contribution in [3.63, 3.8) is 0 Å². The molecule has 2 aliphatic heterocycles. The number of carbonyl (C=O) groups is 1. The molecule has 1 amide bonds. The third-order valence-electron chi connectivity index (χ3n) is 6.30. The molecule has 7 nitrogen and oxygen atoms in total. The van der Waals surface area contributed by atoms with E-state index in [4.69, 9.17) is 4.74 Å². The van der Waals surface area contributed by atoms with Gasteiger partial charge in [-0.3, -0.25) is 14.7 Å². The van der Waals surface area contributed by atoms with Gasteiger partial charge < -0.3 is 20.3 Å². The molecule has 0 bridgehead atoms. The molecule has 1 fully saturated rings. The Balaban J connectivity index is 1.17. The highest BCUT2D eigenvalue weighted by Crippen LogP contribution is 2.31. The number of hydrogen-bond donors (Lipinski definition) is 2. The predicted molar refractivity (Wildman–Crippen MR) is 133 cm³/mol. The molecule has 0 atom stereocenters. The summed E-state index contributed by atoms with van der Waals surface area (Å²) in [4.78, 5) is 21.0.